The summed E-state index contributed by atoms with van der Waals surface area (Å²) in [5.74, 6) is 0. The van der Waals surface area contributed by atoms with Crippen LogP contribution < -0.4 is 11.2 Å². The molecule has 7 nitrogen and oxygen atoms in total. The third-order valence-corrected chi connectivity index (χ3v) is 3.17. The van der Waals surface area contributed by atoms with Gasteiger partial charge < -0.3 is 14.9 Å². The van der Waals surface area contributed by atoms with Gasteiger partial charge in [-0.05, 0) is 6.42 Å². The molecule has 1 aromatic heterocycles. The van der Waals surface area contributed by atoms with Gasteiger partial charge in [-0.3, -0.25) is 14.3 Å². The molecule has 1 aliphatic rings. The third-order valence-electron chi connectivity index (χ3n) is 3.17. The van der Waals surface area contributed by atoms with Gasteiger partial charge in [0, 0.05) is 18.7 Å². The van der Waals surface area contributed by atoms with Crippen LogP contribution in [0, 0.1) is 0 Å². The van der Waals surface area contributed by atoms with E-state index in [4.69, 9.17) is 9.84 Å². The third kappa shape index (κ3) is 2.53. The molecule has 0 bridgehead atoms. The lowest BCUT2D eigenvalue weighted by atomic mass is 9.93. The van der Waals surface area contributed by atoms with E-state index >= 15 is 0 Å². The molecule has 0 radical (unpaired) electrons. The lowest BCUT2D eigenvalue weighted by Gasteiger charge is -2.28. The van der Waals surface area contributed by atoms with Crippen LogP contribution in [0.2, 0.25) is 0 Å². The molecule has 104 valence electrons. The summed E-state index contributed by atoms with van der Waals surface area (Å²) in [5.41, 5.74) is -2.53. The molecule has 3 atom stereocenters. The Hall–Kier alpha value is -1.70. The van der Waals surface area contributed by atoms with Crippen molar-refractivity contribution < 1.29 is 14.9 Å². The quantitative estimate of drug-likeness (QED) is 0.615. The number of aromatic amines is 1. The van der Waals surface area contributed by atoms with Crippen molar-refractivity contribution in [2.75, 3.05) is 6.61 Å². The maximum absolute atomic E-state index is 11.7. The van der Waals surface area contributed by atoms with Crippen LogP contribution in [0.25, 0.3) is 0 Å². The summed E-state index contributed by atoms with van der Waals surface area (Å²) in [6, 6.07) is 1.17. The molecule has 1 aliphatic heterocycles. The van der Waals surface area contributed by atoms with Gasteiger partial charge in [0.05, 0.1) is 12.7 Å². The SMILES string of the molecule is C=CC[C@@]1(O)CC(CO)OC1n1ccc(=O)[nH]c1=O. The van der Waals surface area contributed by atoms with E-state index in [0.29, 0.717) is 0 Å². The van der Waals surface area contributed by atoms with Crippen molar-refractivity contribution in [1.82, 2.24) is 9.55 Å². The zero-order valence-corrected chi connectivity index (χ0v) is 10.3. The fourth-order valence-electron chi connectivity index (χ4n) is 2.33. The molecule has 19 heavy (non-hydrogen) atoms. The molecule has 2 heterocycles. The van der Waals surface area contributed by atoms with Crippen LogP contribution in [0.1, 0.15) is 19.1 Å². The summed E-state index contributed by atoms with van der Waals surface area (Å²) in [6.45, 7) is 3.31. The molecule has 0 spiro atoms. The van der Waals surface area contributed by atoms with E-state index in [1.807, 2.05) is 0 Å². The standard InChI is InChI=1S/C12H16N2O5/c1-2-4-12(18)6-8(7-15)19-10(12)14-5-3-9(16)13-11(14)17/h2-3,5,8,10,15,18H,1,4,6-7H2,(H,13,16,17)/t8?,10?,12-/m1/s1. The maximum atomic E-state index is 11.7. The molecule has 2 rings (SSSR count). The topological polar surface area (TPSA) is 105 Å². The minimum absolute atomic E-state index is 0.186. The Morgan fingerprint density at radius 3 is 2.95 bits per heavy atom. The number of H-pyrrole nitrogens is 1. The number of rotatable bonds is 4. The van der Waals surface area contributed by atoms with E-state index in [9.17, 15) is 14.7 Å². The predicted molar refractivity (Wildman–Crippen MR) is 66.7 cm³/mol. The Morgan fingerprint density at radius 2 is 2.37 bits per heavy atom. The second-order valence-electron chi connectivity index (χ2n) is 4.61. The molecule has 0 aromatic carbocycles. The van der Waals surface area contributed by atoms with Gasteiger partial charge in [-0.1, -0.05) is 6.08 Å². The van der Waals surface area contributed by atoms with Crippen LogP contribution in [0.15, 0.2) is 34.5 Å². The molecule has 7 heteroatoms. The Kier molecular flexibility index (Phi) is 3.70. The first-order valence-corrected chi connectivity index (χ1v) is 5.91. The summed E-state index contributed by atoms with van der Waals surface area (Å²) in [5, 5.41) is 19.7. The van der Waals surface area contributed by atoms with Gasteiger partial charge >= 0.3 is 5.69 Å². The van der Waals surface area contributed by atoms with Crippen LogP contribution in [0.5, 0.6) is 0 Å². The highest BCUT2D eigenvalue weighted by atomic mass is 16.5. The van der Waals surface area contributed by atoms with Gasteiger partial charge in [0.1, 0.15) is 5.60 Å². The van der Waals surface area contributed by atoms with Crippen molar-refractivity contribution in [2.24, 2.45) is 0 Å². The van der Waals surface area contributed by atoms with Gasteiger partial charge in [0.15, 0.2) is 6.23 Å². The van der Waals surface area contributed by atoms with Crippen molar-refractivity contribution in [3.8, 4) is 0 Å². The lowest BCUT2D eigenvalue weighted by Crippen LogP contribution is -2.41. The van der Waals surface area contributed by atoms with Crippen LogP contribution in [0.3, 0.4) is 0 Å². The summed E-state index contributed by atoms with van der Waals surface area (Å²) in [4.78, 5) is 24.9. The first kappa shape index (κ1) is 13.7. The van der Waals surface area contributed by atoms with E-state index in [1.165, 1.54) is 18.3 Å². The highest BCUT2D eigenvalue weighted by Crippen LogP contribution is 2.39. The monoisotopic (exact) mass is 268 g/mol. The maximum Gasteiger partial charge on any atom is 0.330 e. The second-order valence-corrected chi connectivity index (χ2v) is 4.61. The second kappa shape index (κ2) is 5.12. The number of aliphatic hydroxyl groups is 2. The molecule has 3 N–H and O–H groups in total. The summed E-state index contributed by atoms with van der Waals surface area (Å²) < 4.78 is 6.59. The molecule has 0 saturated carbocycles. The Bertz CT molecular complexity index is 578. The number of ether oxygens (including phenoxy) is 1. The minimum atomic E-state index is -1.34. The normalized spacial score (nSPS) is 30.4. The van der Waals surface area contributed by atoms with E-state index in [0.717, 1.165) is 4.57 Å². The van der Waals surface area contributed by atoms with Crippen molar-refractivity contribution in [3.63, 3.8) is 0 Å². The first-order chi connectivity index (χ1) is 9.00. The number of nitrogens with one attached hydrogen (secondary N) is 1. The number of aromatic nitrogens is 2. The van der Waals surface area contributed by atoms with Gasteiger partial charge in [0.2, 0.25) is 0 Å². The van der Waals surface area contributed by atoms with E-state index in [2.05, 4.69) is 11.6 Å². The molecule has 1 aromatic rings. The number of hydrogen-bond donors (Lipinski definition) is 3. The minimum Gasteiger partial charge on any atom is -0.394 e. The largest absolute Gasteiger partial charge is 0.394 e. The van der Waals surface area contributed by atoms with Crippen LogP contribution in [-0.4, -0.2) is 38.1 Å². The molecular weight excluding hydrogens is 252 g/mol. The zero-order chi connectivity index (χ0) is 14.0. The van der Waals surface area contributed by atoms with Gasteiger partial charge in [-0.2, -0.15) is 0 Å². The van der Waals surface area contributed by atoms with E-state index in [1.54, 1.807) is 0 Å². The average molecular weight is 268 g/mol. The fraction of sp³-hybridized carbons (Fsp3) is 0.500. The summed E-state index contributed by atoms with van der Waals surface area (Å²) >= 11 is 0. The molecule has 0 amide bonds. The number of hydrogen-bond acceptors (Lipinski definition) is 5. The zero-order valence-electron chi connectivity index (χ0n) is 10.3. The Labute approximate surface area is 108 Å². The number of aliphatic hydroxyl groups excluding tert-OH is 1. The fourth-order valence-corrected chi connectivity index (χ4v) is 2.33. The van der Waals surface area contributed by atoms with Crippen LogP contribution in [0.4, 0.5) is 0 Å². The van der Waals surface area contributed by atoms with Crippen molar-refractivity contribution >= 4 is 0 Å². The van der Waals surface area contributed by atoms with Gasteiger partial charge in [0.25, 0.3) is 5.56 Å². The Morgan fingerprint density at radius 1 is 1.63 bits per heavy atom. The lowest BCUT2D eigenvalue weighted by molar-refractivity contribution is -0.0964. The molecule has 0 aliphatic carbocycles. The van der Waals surface area contributed by atoms with Gasteiger partial charge in [-0.15, -0.1) is 6.58 Å². The van der Waals surface area contributed by atoms with E-state index < -0.39 is 29.2 Å². The van der Waals surface area contributed by atoms with Crippen LogP contribution in [-0.2, 0) is 4.74 Å². The average Bonchev–Trinajstić information content (AvgIpc) is 2.67. The Balaban J connectivity index is 2.43. The van der Waals surface area contributed by atoms with E-state index in [-0.39, 0.29) is 19.4 Å². The predicted octanol–water partition coefficient (Wildman–Crippen LogP) is -0.876. The van der Waals surface area contributed by atoms with Gasteiger partial charge in [-0.25, -0.2) is 4.79 Å². The van der Waals surface area contributed by atoms with Crippen molar-refractivity contribution in [2.45, 2.75) is 30.8 Å². The smallest absolute Gasteiger partial charge is 0.330 e. The first-order valence-electron chi connectivity index (χ1n) is 5.91. The summed E-state index contributed by atoms with van der Waals surface area (Å²) in [7, 11) is 0. The highest BCUT2D eigenvalue weighted by molar-refractivity contribution is 5.00. The highest BCUT2D eigenvalue weighted by Gasteiger charge is 2.47. The summed E-state index contributed by atoms with van der Waals surface area (Å²) in [6.07, 6.45) is 1.65. The van der Waals surface area contributed by atoms with Crippen molar-refractivity contribution in [3.05, 3.63) is 45.8 Å². The number of nitrogens with zero attached hydrogens (tertiary/aromatic N) is 1. The molecule has 2 unspecified atom stereocenters. The molecular formula is C12H16N2O5. The van der Waals surface area contributed by atoms with Crippen molar-refractivity contribution in [1.29, 1.82) is 0 Å². The molecule has 1 saturated heterocycles. The molecule has 1 fully saturated rings. The van der Waals surface area contributed by atoms with Crippen LogP contribution >= 0.6 is 0 Å².